The van der Waals surface area contributed by atoms with Gasteiger partial charge in [0.1, 0.15) is 5.75 Å². The first kappa shape index (κ1) is 16.0. The van der Waals surface area contributed by atoms with E-state index in [2.05, 4.69) is 15.1 Å². The van der Waals surface area contributed by atoms with Crippen LogP contribution in [0.1, 0.15) is 0 Å². The van der Waals surface area contributed by atoms with E-state index in [4.69, 9.17) is 14.4 Å². The molecule has 0 amide bonds. The monoisotopic (exact) mass is 343 g/mol. The standard InChI is InChI=1S/C16H13N3O4S/c1-22-12-5-2-10(3-6-12)15-18-16(23-19-15)11-4-7-13(17-8-11)24-9-14(20)21/h2-8H,9H2,1H3,(H,20,21). The summed E-state index contributed by atoms with van der Waals surface area (Å²) in [6, 6.07) is 10.8. The van der Waals surface area contributed by atoms with E-state index in [9.17, 15) is 4.79 Å². The number of ether oxygens (including phenoxy) is 1. The number of aliphatic carboxylic acids is 1. The Kier molecular flexibility index (Phi) is 4.76. The largest absolute Gasteiger partial charge is 0.497 e. The van der Waals surface area contributed by atoms with Crippen molar-refractivity contribution < 1.29 is 19.2 Å². The minimum atomic E-state index is -0.882. The van der Waals surface area contributed by atoms with E-state index in [0.29, 0.717) is 22.3 Å². The van der Waals surface area contributed by atoms with Gasteiger partial charge in [0.05, 0.1) is 23.5 Å². The summed E-state index contributed by atoms with van der Waals surface area (Å²) in [6.45, 7) is 0. The molecule has 0 aliphatic heterocycles. The molecule has 1 N–H and O–H groups in total. The average molecular weight is 343 g/mol. The number of rotatable bonds is 6. The van der Waals surface area contributed by atoms with Gasteiger partial charge in [-0.25, -0.2) is 4.98 Å². The maximum absolute atomic E-state index is 10.5. The van der Waals surface area contributed by atoms with E-state index in [1.54, 1.807) is 25.4 Å². The highest BCUT2D eigenvalue weighted by Crippen LogP contribution is 2.24. The first-order chi connectivity index (χ1) is 11.7. The van der Waals surface area contributed by atoms with Crippen LogP contribution < -0.4 is 4.74 Å². The van der Waals surface area contributed by atoms with Crippen molar-refractivity contribution in [1.82, 2.24) is 15.1 Å². The van der Waals surface area contributed by atoms with Crippen LogP contribution in [-0.2, 0) is 4.79 Å². The molecule has 0 saturated carbocycles. The highest BCUT2D eigenvalue weighted by atomic mass is 32.2. The summed E-state index contributed by atoms with van der Waals surface area (Å²) in [5.74, 6) is 0.655. The van der Waals surface area contributed by atoms with Crippen molar-refractivity contribution in [3.8, 4) is 28.6 Å². The van der Waals surface area contributed by atoms with Crippen LogP contribution in [0, 0.1) is 0 Å². The number of nitrogens with zero attached hydrogens (tertiary/aromatic N) is 3. The normalized spacial score (nSPS) is 10.5. The number of benzene rings is 1. The third-order valence-electron chi connectivity index (χ3n) is 3.10. The van der Waals surface area contributed by atoms with Gasteiger partial charge in [0.15, 0.2) is 0 Å². The van der Waals surface area contributed by atoms with Crippen LogP contribution in [0.15, 0.2) is 52.1 Å². The van der Waals surface area contributed by atoms with Gasteiger partial charge in [-0.1, -0.05) is 16.9 Å². The Bertz CT molecular complexity index is 831. The molecule has 3 aromatic rings. The first-order valence-corrected chi connectivity index (χ1v) is 7.93. The highest BCUT2D eigenvalue weighted by molar-refractivity contribution is 7.99. The fourth-order valence-electron chi connectivity index (χ4n) is 1.93. The molecule has 2 aromatic heterocycles. The second-order valence-electron chi connectivity index (χ2n) is 4.72. The number of carbonyl (C=O) groups is 1. The smallest absolute Gasteiger partial charge is 0.313 e. The Hall–Kier alpha value is -2.87. The van der Waals surface area contributed by atoms with E-state index in [-0.39, 0.29) is 5.75 Å². The number of carboxylic acid groups (broad SMARTS) is 1. The lowest BCUT2D eigenvalue weighted by molar-refractivity contribution is -0.133. The van der Waals surface area contributed by atoms with Crippen LogP contribution in [0.3, 0.4) is 0 Å². The summed E-state index contributed by atoms with van der Waals surface area (Å²) in [7, 11) is 1.60. The zero-order valence-corrected chi connectivity index (χ0v) is 13.5. The van der Waals surface area contributed by atoms with Crippen molar-refractivity contribution in [3.63, 3.8) is 0 Å². The molecule has 8 heteroatoms. The topological polar surface area (TPSA) is 98.3 Å². The number of hydrogen-bond donors (Lipinski definition) is 1. The second-order valence-corrected chi connectivity index (χ2v) is 5.71. The predicted octanol–water partition coefficient (Wildman–Crippen LogP) is 2.98. The first-order valence-electron chi connectivity index (χ1n) is 6.95. The quantitative estimate of drug-likeness (QED) is 0.682. The molecule has 0 aliphatic carbocycles. The molecule has 3 rings (SSSR count). The number of aromatic nitrogens is 3. The summed E-state index contributed by atoms with van der Waals surface area (Å²) >= 11 is 1.15. The molecule has 7 nitrogen and oxygen atoms in total. The molecular weight excluding hydrogens is 330 g/mol. The van der Waals surface area contributed by atoms with Crippen LogP contribution in [0.5, 0.6) is 5.75 Å². The van der Waals surface area contributed by atoms with E-state index < -0.39 is 5.97 Å². The molecule has 2 heterocycles. The van der Waals surface area contributed by atoms with Crippen molar-refractivity contribution in [2.24, 2.45) is 0 Å². The van der Waals surface area contributed by atoms with E-state index in [1.807, 2.05) is 24.3 Å². The minimum Gasteiger partial charge on any atom is -0.497 e. The molecular formula is C16H13N3O4S. The van der Waals surface area contributed by atoms with Gasteiger partial charge in [0.2, 0.25) is 5.82 Å². The Morgan fingerprint density at radius 3 is 2.58 bits per heavy atom. The summed E-state index contributed by atoms with van der Waals surface area (Å²) in [5.41, 5.74) is 1.48. The molecule has 0 radical (unpaired) electrons. The summed E-state index contributed by atoms with van der Waals surface area (Å²) in [5, 5.41) is 13.2. The molecule has 0 aliphatic rings. The van der Waals surface area contributed by atoms with Gasteiger partial charge < -0.3 is 14.4 Å². The molecule has 1 aromatic carbocycles. The molecule has 0 spiro atoms. The zero-order valence-electron chi connectivity index (χ0n) is 12.7. The van der Waals surface area contributed by atoms with Crippen molar-refractivity contribution in [1.29, 1.82) is 0 Å². The van der Waals surface area contributed by atoms with Gasteiger partial charge in [0, 0.05) is 11.8 Å². The van der Waals surface area contributed by atoms with Gasteiger partial charge >= 0.3 is 5.97 Å². The highest BCUT2D eigenvalue weighted by Gasteiger charge is 2.11. The van der Waals surface area contributed by atoms with E-state index in [0.717, 1.165) is 23.1 Å². The molecule has 0 unspecified atom stereocenters. The van der Waals surface area contributed by atoms with Gasteiger partial charge in [-0.05, 0) is 36.4 Å². The fraction of sp³-hybridized carbons (Fsp3) is 0.125. The predicted molar refractivity (Wildman–Crippen MR) is 87.9 cm³/mol. The Labute approximate surface area is 141 Å². The van der Waals surface area contributed by atoms with Crippen LogP contribution in [0.4, 0.5) is 0 Å². The van der Waals surface area contributed by atoms with E-state index in [1.165, 1.54) is 0 Å². The SMILES string of the molecule is COc1ccc(-c2noc(-c3ccc(SCC(=O)O)nc3)n2)cc1. The summed E-state index contributed by atoms with van der Waals surface area (Å²) in [6.07, 6.45) is 1.58. The van der Waals surface area contributed by atoms with Crippen LogP contribution in [0.25, 0.3) is 22.8 Å². The minimum absolute atomic E-state index is 0.0332. The lowest BCUT2D eigenvalue weighted by Gasteiger charge is -1.99. The molecule has 0 saturated heterocycles. The third kappa shape index (κ3) is 3.72. The Morgan fingerprint density at radius 2 is 1.96 bits per heavy atom. The maximum Gasteiger partial charge on any atom is 0.313 e. The van der Waals surface area contributed by atoms with Gasteiger partial charge in [-0.15, -0.1) is 0 Å². The zero-order chi connectivity index (χ0) is 16.9. The number of carboxylic acids is 1. The lowest BCUT2D eigenvalue weighted by Crippen LogP contribution is -1.97. The van der Waals surface area contributed by atoms with E-state index >= 15 is 0 Å². The van der Waals surface area contributed by atoms with Gasteiger partial charge in [-0.3, -0.25) is 4.79 Å². The lowest BCUT2D eigenvalue weighted by atomic mass is 10.2. The van der Waals surface area contributed by atoms with Gasteiger partial charge in [0.25, 0.3) is 5.89 Å². The van der Waals surface area contributed by atoms with Crippen molar-refractivity contribution in [2.45, 2.75) is 5.03 Å². The van der Waals surface area contributed by atoms with Crippen molar-refractivity contribution >= 4 is 17.7 Å². The number of hydrogen-bond acceptors (Lipinski definition) is 7. The van der Waals surface area contributed by atoms with Crippen molar-refractivity contribution in [2.75, 3.05) is 12.9 Å². The van der Waals surface area contributed by atoms with Crippen LogP contribution >= 0.6 is 11.8 Å². The number of thioether (sulfide) groups is 1. The fourth-order valence-corrected chi connectivity index (χ4v) is 2.49. The number of methoxy groups -OCH3 is 1. The second kappa shape index (κ2) is 7.14. The molecule has 122 valence electrons. The van der Waals surface area contributed by atoms with Gasteiger partial charge in [-0.2, -0.15) is 4.98 Å². The number of pyridine rings is 1. The molecule has 24 heavy (non-hydrogen) atoms. The molecule has 0 bridgehead atoms. The van der Waals surface area contributed by atoms with Crippen LogP contribution in [0.2, 0.25) is 0 Å². The van der Waals surface area contributed by atoms with Crippen molar-refractivity contribution in [3.05, 3.63) is 42.6 Å². The summed E-state index contributed by atoms with van der Waals surface area (Å²) < 4.78 is 10.4. The Balaban J connectivity index is 1.76. The maximum atomic E-state index is 10.5. The Morgan fingerprint density at radius 1 is 1.21 bits per heavy atom. The third-order valence-corrected chi connectivity index (χ3v) is 4.03. The molecule has 0 atom stereocenters. The average Bonchev–Trinajstić information content (AvgIpc) is 3.10. The van der Waals surface area contributed by atoms with Crippen LogP contribution in [-0.4, -0.2) is 39.1 Å². The molecule has 0 fully saturated rings. The summed E-state index contributed by atoms with van der Waals surface area (Å²) in [4.78, 5) is 19.1.